The normalized spacial score (nSPS) is 12.0. The molecular formula is C15H15BrN2O3. The molecule has 0 bridgehead atoms. The van der Waals surface area contributed by atoms with Gasteiger partial charge in [-0.05, 0) is 34.5 Å². The number of halogens is 1. The van der Waals surface area contributed by atoms with Crippen LogP contribution in [-0.2, 0) is 0 Å². The number of hydrogen-bond acceptors (Lipinski definition) is 4. The fourth-order valence-electron chi connectivity index (χ4n) is 1.95. The molecule has 0 fully saturated rings. The third-order valence-electron chi connectivity index (χ3n) is 3.11. The smallest absolute Gasteiger partial charge is 0.312 e. The van der Waals surface area contributed by atoms with Crippen LogP contribution in [0.3, 0.4) is 0 Å². The van der Waals surface area contributed by atoms with Crippen LogP contribution in [0.15, 0.2) is 46.9 Å². The Kier molecular flexibility index (Phi) is 4.93. The van der Waals surface area contributed by atoms with Crippen molar-refractivity contribution < 1.29 is 9.66 Å². The van der Waals surface area contributed by atoms with Crippen molar-refractivity contribution in [2.24, 2.45) is 5.73 Å². The van der Waals surface area contributed by atoms with E-state index in [-0.39, 0.29) is 17.5 Å². The van der Waals surface area contributed by atoms with E-state index >= 15 is 0 Å². The third-order valence-corrected chi connectivity index (χ3v) is 3.74. The van der Waals surface area contributed by atoms with Gasteiger partial charge in [0.05, 0.1) is 9.40 Å². The van der Waals surface area contributed by atoms with Crippen LogP contribution in [0.1, 0.15) is 24.9 Å². The van der Waals surface area contributed by atoms with E-state index in [0.717, 1.165) is 12.0 Å². The third kappa shape index (κ3) is 3.40. The molecule has 2 aromatic rings. The van der Waals surface area contributed by atoms with Gasteiger partial charge in [0.25, 0.3) is 0 Å². The minimum Gasteiger partial charge on any atom is -0.449 e. The standard InChI is InChI=1S/C15H15BrN2O3/c1-2-12(17)10-6-3-4-9-14(10)21-15-11(16)7-5-8-13(15)18(19)20/h3-9,12H,2,17H2,1H3/t12-/m1/s1. The first-order valence-electron chi connectivity index (χ1n) is 6.49. The largest absolute Gasteiger partial charge is 0.449 e. The lowest BCUT2D eigenvalue weighted by atomic mass is 10.0. The van der Waals surface area contributed by atoms with E-state index in [2.05, 4.69) is 15.9 Å². The van der Waals surface area contributed by atoms with Crippen molar-refractivity contribution in [3.63, 3.8) is 0 Å². The summed E-state index contributed by atoms with van der Waals surface area (Å²) in [5, 5.41) is 11.1. The van der Waals surface area contributed by atoms with Gasteiger partial charge in [-0.1, -0.05) is 31.2 Å². The van der Waals surface area contributed by atoms with Crippen LogP contribution in [0, 0.1) is 10.1 Å². The first-order valence-corrected chi connectivity index (χ1v) is 7.29. The number of benzene rings is 2. The summed E-state index contributed by atoms with van der Waals surface area (Å²) in [5.41, 5.74) is 6.79. The van der Waals surface area contributed by atoms with E-state index < -0.39 is 4.92 Å². The maximum atomic E-state index is 11.1. The quantitative estimate of drug-likeness (QED) is 0.633. The maximum Gasteiger partial charge on any atom is 0.312 e. The molecule has 0 radical (unpaired) electrons. The second kappa shape index (κ2) is 6.69. The first kappa shape index (κ1) is 15.5. The number of nitro benzene ring substituents is 1. The Labute approximate surface area is 131 Å². The summed E-state index contributed by atoms with van der Waals surface area (Å²) in [4.78, 5) is 10.6. The van der Waals surface area contributed by atoms with Crippen LogP contribution in [0.25, 0.3) is 0 Å². The monoisotopic (exact) mass is 350 g/mol. The minimum atomic E-state index is -0.470. The van der Waals surface area contributed by atoms with Gasteiger partial charge in [0.1, 0.15) is 5.75 Å². The molecule has 2 rings (SSSR count). The van der Waals surface area contributed by atoms with Crippen LogP contribution in [0.4, 0.5) is 5.69 Å². The molecule has 0 aromatic heterocycles. The second-order valence-electron chi connectivity index (χ2n) is 4.50. The molecule has 0 aliphatic carbocycles. The van der Waals surface area contributed by atoms with E-state index in [4.69, 9.17) is 10.5 Å². The highest BCUT2D eigenvalue weighted by atomic mass is 79.9. The number of nitrogens with zero attached hydrogens (tertiary/aromatic N) is 1. The Balaban J connectivity index is 2.46. The zero-order chi connectivity index (χ0) is 15.4. The number of hydrogen-bond donors (Lipinski definition) is 1. The van der Waals surface area contributed by atoms with E-state index in [1.807, 2.05) is 25.1 Å². The summed E-state index contributed by atoms with van der Waals surface area (Å²) in [6.07, 6.45) is 0.748. The summed E-state index contributed by atoms with van der Waals surface area (Å²) in [7, 11) is 0. The van der Waals surface area contributed by atoms with Gasteiger partial charge in [-0.2, -0.15) is 0 Å². The van der Waals surface area contributed by atoms with Crippen molar-refractivity contribution in [3.8, 4) is 11.5 Å². The predicted molar refractivity (Wildman–Crippen MR) is 84.5 cm³/mol. The molecular weight excluding hydrogens is 336 g/mol. The molecule has 0 spiro atoms. The van der Waals surface area contributed by atoms with Crippen molar-refractivity contribution in [3.05, 3.63) is 62.6 Å². The van der Waals surface area contributed by atoms with Crippen molar-refractivity contribution in [1.29, 1.82) is 0 Å². The second-order valence-corrected chi connectivity index (χ2v) is 5.35. The van der Waals surface area contributed by atoms with Crippen molar-refractivity contribution in [2.45, 2.75) is 19.4 Å². The highest BCUT2D eigenvalue weighted by Gasteiger charge is 2.20. The van der Waals surface area contributed by atoms with Gasteiger partial charge in [0, 0.05) is 17.7 Å². The van der Waals surface area contributed by atoms with Crippen LogP contribution in [0.5, 0.6) is 11.5 Å². The van der Waals surface area contributed by atoms with E-state index in [9.17, 15) is 10.1 Å². The Hall–Kier alpha value is -1.92. The zero-order valence-electron chi connectivity index (χ0n) is 11.5. The van der Waals surface area contributed by atoms with Crippen LogP contribution in [-0.4, -0.2) is 4.92 Å². The zero-order valence-corrected chi connectivity index (χ0v) is 13.0. The topological polar surface area (TPSA) is 78.4 Å². The number of para-hydroxylation sites is 2. The predicted octanol–water partition coefficient (Wildman–Crippen LogP) is 4.56. The number of rotatable bonds is 5. The first-order chi connectivity index (χ1) is 10.0. The Morgan fingerprint density at radius 2 is 2.00 bits per heavy atom. The average Bonchev–Trinajstić information content (AvgIpc) is 2.48. The molecule has 0 heterocycles. The summed E-state index contributed by atoms with van der Waals surface area (Å²) < 4.78 is 6.31. The minimum absolute atomic E-state index is 0.0933. The van der Waals surface area contributed by atoms with Crippen molar-refractivity contribution in [2.75, 3.05) is 0 Å². The van der Waals surface area contributed by atoms with E-state index in [0.29, 0.717) is 10.2 Å². The van der Waals surface area contributed by atoms with Gasteiger partial charge in [-0.3, -0.25) is 10.1 Å². The number of ether oxygens (including phenoxy) is 1. The van der Waals surface area contributed by atoms with Gasteiger partial charge < -0.3 is 10.5 Å². The molecule has 0 aliphatic rings. The molecule has 21 heavy (non-hydrogen) atoms. The summed E-state index contributed by atoms with van der Waals surface area (Å²) >= 11 is 3.29. The van der Waals surface area contributed by atoms with Gasteiger partial charge in [0.15, 0.2) is 0 Å². The highest BCUT2D eigenvalue weighted by molar-refractivity contribution is 9.10. The molecule has 0 amide bonds. The maximum absolute atomic E-state index is 11.1. The van der Waals surface area contributed by atoms with Gasteiger partial charge in [-0.15, -0.1) is 0 Å². The lowest BCUT2D eigenvalue weighted by Crippen LogP contribution is -2.10. The van der Waals surface area contributed by atoms with Crippen LogP contribution in [0.2, 0.25) is 0 Å². The summed E-state index contributed by atoms with van der Waals surface area (Å²) in [5.74, 6) is 0.708. The molecule has 0 saturated carbocycles. The van der Waals surface area contributed by atoms with Gasteiger partial charge in [0.2, 0.25) is 5.75 Å². The molecule has 0 aliphatic heterocycles. The Morgan fingerprint density at radius 1 is 1.29 bits per heavy atom. The average molecular weight is 351 g/mol. The van der Waals surface area contributed by atoms with Gasteiger partial charge in [-0.25, -0.2) is 0 Å². The molecule has 110 valence electrons. The lowest BCUT2D eigenvalue weighted by molar-refractivity contribution is -0.385. The molecule has 0 saturated heterocycles. The fourth-order valence-corrected chi connectivity index (χ4v) is 2.39. The molecule has 6 heteroatoms. The molecule has 2 aromatic carbocycles. The molecule has 5 nitrogen and oxygen atoms in total. The summed E-state index contributed by atoms with van der Waals surface area (Å²) in [6.45, 7) is 1.97. The van der Waals surface area contributed by atoms with Crippen molar-refractivity contribution >= 4 is 21.6 Å². The number of nitro groups is 1. The van der Waals surface area contributed by atoms with Crippen molar-refractivity contribution in [1.82, 2.24) is 0 Å². The molecule has 1 atom stereocenters. The van der Waals surface area contributed by atoms with Crippen LogP contribution < -0.4 is 10.5 Å². The lowest BCUT2D eigenvalue weighted by Gasteiger charge is -2.16. The van der Waals surface area contributed by atoms with Crippen LogP contribution >= 0.6 is 15.9 Å². The SMILES string of the molecule is CC[C@@H](N)c1ccccc1Oc1c(Br)cccc1[N+](=O)[O-]. The van der Waals surface area contributed by atoms with E-state index in [1.165, 1.54) is 6.07 Å². The molecule has 2 N–H and O–H groups in total. The Morgan fingerprint density at radius 3 is 2.67 bits per heavy atom. The molecule has 0 unspecified atom stereocenters. The number of nitrogens with two attached hydrogens (primary N) is 1. The summed E-state index contributed by atoms with van der Waals surface area (Å²) in [6, 6.07) is 11.8. The van der Waals surface area contributed by atoms with E-state index in [1.54, 1.807) is 18.2 Å². The Bertz CT molecular complexity index is 661. The van der Waals surface area contributed by atoms with Gasteiger partial charge >= 0.3 is 5.69 Å². The fraction of sp³-hybridized carbons (Fsp3) is 0.200. The highest BCUT2D eigenvalue weighted by Crippen LogP contribution is 2.39.